The highest BCUT2D eigenvalue weighted by Crippen LogP contribution is 2.31. The van der Waals surface area contributed by atoms with Gasteiger partial charge in [-0.15, -0.1) is 0 Å². The first-order valence-electron chi connectivity index (χ1n) is 8.61. The SMILES string of the molecule is CC(=O)N1CCC(Oc2ccccc2-c2nc(-c3ccccc3)no2)C1. The number of likely N-dealkylation sites (tertiary alicyclic amines) is 1. The fraction of sp³-hybridized carbons (Fsp3) is 0.250. The maximum Gasteiger partial charge on any atom is 0.262 e. The van der Waals surface area contributed by atoms with E-state index >= 15 is 0 Å². The molecule has 1 amide bonds. The molecule has 0 radical (unpaired) electrons. The van der Waals surface area contributed by atoms with Crippen molar-refractivity contribution in [2.75, 3.05) is 13.1 Å². The van der Waals surface area contributed by atoms with Gasteiger partial charge in [0.15, 0.2) is 0 Å². The van der Waals surface area contributed by atoms with Gasteiger partial charge >= 0.3 is 0 Å². The van der Waals surface area contributed by atoms with Crippen LogP contribution in [0.2, 0.25) is 0 Å². The smallest absolute Gasteiger partial charge is 0.262 e. The zero-order valence-corrected chi connectivity index (χ0v) is 14.5. The molecule has 1 aromatic heterocycles. The van der Waals surface area contributed by atoms with Crippen molar-refractivity contribution in [2.24, 2.45) is 0 Å². The number of hydrogen-bond acceptors (Lipinski definition) is 5. The molecule has 4 rings (SSSR count). The fourth-order valence-corrected chi connectivity index (χ4v) is 3.07. The van der Waals surface area contributed by atoms with E-state index in [1.165, 1.54) is 0 Å². The highest BCUT2D eigenvalue weighted by molar-refractivity contribution is 5.73. The summed E-state index contributed by atoms with van der Waals surface area (Å²) in [5, 5.41) is 4.08. The first-order valence-corrected chi connectivity index (χ1v) is 8.61. The molecule has 0 bridgehead atoms. The molecule has 1 fully saturated rings. The van der Waals surface area contributed by atoms with Crippen LogP contribution in [-0.4, -0.2) is 40.1 Å². The van der Waals surface area contributed by atoms with Crippen molar-refractivity contribution < 1.29 is 14.1 Å². The molecule has 0 N–H and O–H groups in total. The Bertz CT molecular complexity index is 907. The Morgan fingerprint density at radius 3 is 2.69 bits per heavy atom. The van der Waals surface area contributed by atoms with Crippen molar-refractivity contribution in [1.29, 1.82) is 0 Å². The fourth-order valence-electron chi connectivity index (χ4n) is 3.07. The maximum absolute atomic E-state index is 11.5. The van der Waals surface area contributed by atoms with Crippen LogP contribution in [0.1, 0.15) is 13.3 Å². The van der Waals surface area contributed by atoms with Crippen molar-refractivity contribution in [3.63, 3.8) is 0 Å². The second kappa shape index (κ2) is 7.00. The monoisotopic (exact) mass is 349 g/mol. The first-order chi connectivity index (χ1) is 12.7. The second-order valence-electron chi connectivity index (χ2n) is 6.28. The van der Waals surface area contributed by atoms with Crippen LogP contribution in [0.25, 0.3) is 22.8 Å². The van der Waals surface area contributed by atoms with Crippen LogP contribution in [0.15, 0.2) is 59.1 Å². The molecule has 1 atom stereocenters. The third-order valence-corrected chi connectivity index (χ3v) is 4.46. The lowest BCUT2D eigenvalue weighted by Crippen LogP contribution is -2.28. The molecular formula is C20H19N3O3. The average molecular weight is 349 g/mol. The third kappa shape index (κ3) is 3.31. The van der Waals surface area contributed by atoms with Gasteiger partial charge in [-0.2, -0.15) is 4.98 Å². The highest BCUT2D eigenvalue weighted by Gasteiger charge is 2.26. The van der Waals surface area contributed by atoms with Gasteiger partial charge in [0, 0.05) is 25.5 Å². The summed E-state index contributed by atoms with van der Waals surface area (Å²) in [4.78, 5) is 17.8. The molecule has 3 aromatic rings. The number of hydrogen-bond donors (Lipinski definition) is 0. The Morgan fingerprint density at radius 1 is 1.15 bits per heavy atom. The molecule has 0 saturated carbocycles. The molecule has 1 aliphatic heterocycles. The van der Waals surface area contributed by atoms with Gasteiger partial charge in [-0.3, -0.25) is 4.79 Å². The quantitative estimate of drug-likeness (QED) is 0.722. The van der Waals surface area contributed by atoms with Crippen LogP contribution in [0, 0.1) is 0 Å². The van der Waals surface area contributed by atoms with Crippen molar-refractivity contribution in [2.45, 2.75) is 19.4 Å². The number of carbonyl (C=O) groups excluding carboxylic acids is 1. The second-order valence-corrected chi connectivity index (χ2v) is 6.28. The van der Waals surface area contributed by atoms with Gasteiger partial charge in [-0.05, 0) is 12.1 Å². The Labute approximate surface area is 151 Å². The Balaban J connectivity index is 1.57. The first kappa shape index (κ1) is 16.3. The predicted octanol–water partition coefficient (Wildman–Crippen LogP) is 3.40. The lowest BCUT2D eigenvalue weighted by Gasteiger charge is -2.16. The number of para-hydroxylation sites is 1. The van der Waals surface area contributed by atoms with Crippen LogP contribution in [0.3, 0.4) is 0 Å². The van der Waals surface area contributed by atoms with E-state index < -0.39 is 0 Å². The summed E-state index contributed by atoms with van der Waals surface area (Å²) in [6.07, 6.45) is 0.782. The largest absolute Gasteiger partial charge is 0.488 e. The minimum atomic E-state index is -0.0310. The number of benzene rings is 2. The van der Waals surface area contributed by atoms with Crippen LogP contribution in [-0.2, 0) is 4.79 Å². The summed E-state index contributed by atoms with van der Waals surface area (Å²) in [5.41, 5.74) is 1.65. The van der Waals surface area contributed by atoms with Crippen LogP contribution in [0.4, 0.5) is 0 Å². The molecule has 6 heteroatoms. The zero-order valence-electron chi connectivity index (χ0n) is 14.5. The maximum atomic E-state index is 11.5. The highest BCUT2D eigenvalue weighted by atomic mass is 16.5. The summed E-state index contributed by atoms with van der Waals surface area (Å²) in [7, 11) is 0. The molecule has 2 aromatic carbocycles. The average Bonchev–Trinajstić information content (AvgIpc) is 3.33. The van der Waals surface area contributed by atoms with E-state index in [1.807, 2.05) is 54.6 Å². The van der Waals surface area contributed by atoms with Gasteiger partial charge in [0.25, 0.3) is 5.89 Å². The lowest BCUT2D eigenvalue weighted by atomic mass is 10.2. The Hall–Kier alpha value is -3.15. The van der Waals surface area contributed by atoms with E-state index in [0.29, 0.717) is 24.0 Å². The number of carbonyl (C=O) groups is 1. The van der Waals surface area contributed by atoms with Crippen molar-refractivity contribution >= 4 is 5.91 Å². The molecular weight excluding hydrogens is 330 g/mol. The molecule has 0 aliphatic carbocycles. The van der Waals surface area contributed by atoms with Crippen molar-refractivity contribution in [3.05, 3.63) is 54.6 Å². The van der Waals surface area contributed by atoms with Gasteiger partial charge in [0.1, 0.15) is 11.9 Å². The van der Waals surface area contributed by atoms with E-state index in [-0.39, 0.29) is 12.0 Å². The van der Waals surface area contributed by atoms with E-state index in [4.69, 9.17) is 9.26 Å². The molecule has 26 heavy (non-hydrogen) atoms. The van der Waals surface area contributed by atoms with Gasteiger partial charge in [-0.1, -0.05) is 47.6 Å². The number of nitrogens with zero attached hydrogens (tertiary/aromatic N) is 3. The topological polar surface area (TPSA) is 68.5 Å². The van der Waals surface area contributed by atoms with Crippen LogP contribution < -0.4 is 4.74 Å². The summed E-state index contributed by atoms with van der Waals surface area (Å²) in [6, 6.07) is 17.3. The molecule has 1 saturated heterocycles. The third-order valence-electron chi connectivity index (χ3n) is 4.46. The van der Waals surface area contributed by atoms with Crippen LogP contribution >= 0.6 is 0 Å². The number of rotatable bonds is 4. The molecule has 2 heterocycles. The molecule has 0 spiro atoms. The summed E-state index contributed by atoms with van der Waals surface area (Å²) < 4.78 is 11.6. The van der Waals surface area contributed by atoms with Crippen molar-refractivity contribution in [1.82, 2.24) is 15.0 Å². The van der Waals surface area contributed by atoms with Gasteiger partial charge in [0.05, 0.1) is 12.1 Å². The Kier molecular flexibility index (Phi) is 4.39. The van der Waals surface area contributed by atoms with E-state index in [9.17, 15) is 4.79 Å². The number of aromatic nitrogens is 2. The summed E-state index contributed by atoms with van der Waals surface area (Å²) in [6.45, 7) is 2.91. The minimum absolute atomic E-state index is 0.0310. The predicted molar refractivity (Wildman–Crippen MR) is 96.5 cm³/mol. The summed E-state index contributed by atoms with van der Waals surface area (Å²) in [5.74, 6) is 1.72. The molecule has 1 aliphatic rings. The van der Waals surface area contributed by atoms with E-state index in [0.717, 1.165) is 24.1 Å². The van der Waals surface area contributed by atoms with Gasteiger partial charge in [0.2, 0.25) is 11.7 Å². The minimum Gasteiger partial charge on any atom is -0.488 e. The zero-order chi connectivity index (χ0) is 17.9. The summed E-state index contributed by atoms with van der Waals surface area (Å²) >= 11 is 0. The number of amides is 1. The van der Waals surface area contributed by atoms with E-state index in [2.05, 4.69) is 10.1 Å². The standard InChI is InChI=1S/C20H19N3O3/c1-14(24)23-12-11-16(13-23)25-18-10-6-5-9-17(18)20-21-19(22-26-20)15-7-3-2-4-8-15/h2-10,16H,11-13H2,1H3. The molecule has 6 nitrogen and oxygen atoms in total. The molecule has 132 valence electrons. The van der Waals surface area contributed by atoms with Gasteiger partial charge in [-0.25, -0.2) is 0 Å². The van der Waals surface area contributed by atoms with E-state index in [1.54, 1.807) is 11.8 Å². The van der Waals surface area contributed by atoms with Gasteiger partial charge < -0.3 is 14.2 Å². The molecule has 1 unspecified atom stereocenters. The van der Waals surface area contributed by atoms with Crippen molar-refractivity contribution in [3.8, 4) is 28.6 Å². The lowest BCUT2D eigenvalue weighted by molar-refractivity contribution is -0.128. The number of ether oxygens (including phenoxy) is 1. The normalized spacial score (nSPS) is 16.7. The Morgan fingerprint density at radius 2 is 1.92 bits per heavy atom. The van der Waals surface area contributed by atoms with Crippen LogP contribution in [0.5, 0.6) is 5.75 Å².